The van der Waals surface area contributed by atoms with Gasteiger partial charge in [-0.15, -0.1) is 0 Å². The Labute approximate surface area is 177 Å². The number of alkyl halides is 3. The smallest absolute Gasteiger partial charge is 0.417 e. The predicted molar refractivity (Wildman–Crippen MR) is 108 cm³/mol. The second kappa shape index (κ2) is 9.14. The molecule has 2 N–H and O–H groups in total. The van der Waals surface area contributed by atoms with Gasteiger partial charge in [-0.1, -0.05) is 17.7 Å². The fraction of sp³-hybridized carbons (Fsp3) is 0.381. The topological polar surface area (TPSA) is 59.6 Å². The number of halogens is 4. The number of piperidine rings is 1. The summed E-state index contributed by atoms with van der Waals surface area (Å²) in [5, 5.41) is 5.43. The largest absolute Gasteiger partial charge is 0.493 e. The summed E-state index contributed by atoms with van der Waals surface area (Å²) in [7, 11) is 3.10. The summed E-state index contributed by atoms with van der Waals surface area (Å²) in [4.78, 5) is 12.7. The van der Waals surface area contributed by atoms with Gasteiger partial charge in [0.2, 0.25) is 5.91 Å². The van der Waals surface area contributed by atoms with Crippen LogP contribution in [0.3, 0.4) is 0 Å². The average molecular weight is 443 g/mol. The van der Waals surface area contributed by atoms with Crippen molar-refractivity contribution in [2.45, 2.75) is 37.5 Å². The van der Waals surface area contributed by atoms with Crippen LogP contribution in [0.25, 0.3) is 0 Å². The second-order valence-electron chi connectivity index (χ2n) is 7.00. The highest BCUT2D eigenvalue weighted by Gasteiger charge is 2.34. The first-order valence-electron chi connectivity index (χ1n) is 9.38. The van der Waals surface area contributed by atoms with Crippen LogP contribution in [0, 0.1) is 0 Å². The van der Waals surface area contributed by atoms with Crippen LogP contribution in [-0.2, 0) is 11.0 Å². The molecular formula is C21H22ClF3N2O3. The zero-order chi connectivity index (χ0) is 21.9. The minimum atomic E-state index is -4.60. The molecule has 162 valence electrons. The van der Waals surface area contributed by atoms with E-state index in [-0.39, 0.29) is 11.7 Å². The minimum absolute atomic E-state index is 0.0479. The summed E-state index contributed by atoms with van der Waals surface area (Å²) in [6, 6.07) is 8.23. The van der Waals surface area contributed by atoms with E-state index in [9.17, 15) is 18.0 Å². The monoisotopic (exact) mass is 442 g/mol. The van der Waals surface area contributed by atoms with Crippen LogP contribution < -0.4 is 20.1 Å². The summed E-state index contributed by atoms with van der Waals surface area (Å²) in [5.74, 6) is 0.800. The van der Waals surface area contributed by atoms with Gasteiger partial charge >= 0.3 is 6.18 Å². The van der Waals surface area contributed by atoms with E-state index in [0.717, 1.165) is 30.5 Å². The second-order valence-corrected chi connectivity index (χ2v) is 7.41. The van der Waals surface area contributed by atoms with E-state index in [4.69, 9.17) is 21.1 Å². The summed E-state index contributed by atoms with van der Waals surface area (Å²) in [5.41, 5.74) is 0.00420. The molecule has 0 bridgehead atoms. The zero-order valence-corrected chi connectivity index (χ0v) is 17.2. The fourth-order valence-corrected chi connectivity index (χ4v) is 3.75. The van der Waals surface area contributed by atoms with Gasteiger partial charge in [0.15, 0.2) is 11.5 Å². The van der Waals surface area contributed by atoms with Gasteiger partial charge in [-0.2, -0.15) is 13.2 Å². The normalized spacial score (nSPS) is 19.3. The minimum Gasteiger partial charge on any atom is -0.493 e. The third-order valence-electron chi connectivity index (χ3n) is 5.05. The molecule has 1 aliphatic rings. The highest BCUT2D eigenvalue weighted by molar-refractivity contribution is 6.31. The zero-order valence-electron chi connectivity index (χ0n) is 16.5. The van der Waals surface area contributed by atoms with Gasteiger partial charge in [0.25, 0.3) is 0 Å². The van der Waals surface area contributed by atoms with Crippen molar-refractivity contribution in [2.75, 3.05) is 19.5 Å². The van der Waals surface area contributed by atoms with Crippen LogP contribution in [0.4, 0.5) is 18.9 Å². The molecule has 0 saturated carbocycles. The number of rotatable bonds is 5. The quantitative estimate of drug-likeness (QED) is 0.668. The molecule has 1 saturated heterocycles. The van der Waals surface area contributed by atoms with Gasteiger partial charge in [-0.05, 0) is 55.2 Å². The maximum atomic E-state index is 13.0. The number of benzene rings is 2. The lowest BCUT2D eigenvalue weighted by Gasteiger charge is -2.31. The summed E-state index contributed by atoms with van der Waals surface area (Å²) >= 11 is 5.64. The van der Waals surface area contributed by atoms with Crippen LogP contribution in [0.5, 0.6) is 11.5 Å². The Bertz CT molecular complexity index is 921. The molecule has 1 aliphatic heterocycles. The van der Waals surface area contributed by atoms with E-state index in [0.29, 0.717) is 17.9 Å². The predicted octanol–water partition coefficient (Wildman–Crippen LogP) is 5.20. The molecule has 1 fully saturated rings. The van der Waals surface area contributed by atoms with Crippen molar-refractivity contribution in [3.63, 3.8) is 0 Å². The Morgan fingerprint density at radius 3 is 2.50 bits per heavy atom. The number of carbonyl (C=O) groups is 1. The van der Waals surface area contributed by atoms with Crippen molar-refractivity contribution in [1.29, 1.82) is 0 Å². The average Bonchev–Trinajstić information content (AvgIpc) is 2.73. The van der Waals surface area contributed by atoms with Crippen LogP contribution in [-0.4, -0.2) is 26.2 Å². The van der Waals surface area contributed by atoms with E-state index < -0.39 is 28.7 Å². The lowest BCUT2D eigenvalue weighted by atomic mass is 9.93. The number of anilines is 1. The van der Waals surface area contributed by atoms with E-state index in [1.54, 1.807) is 20.3 Å². The van der Waals surface area contributed by atoms with Crippen molar-refractivity contribution in [3.8, 4) is 11.5 Å². The van der Waals surface area contributed by atoms with Crippen molar-refractivity contribution >= 4 is 23.2 Å². The van der Waals surface area contributed by atoms with E-state index in [2.05, 4.69) is 10.6 Å². The van der Waals surface area contributed by atoms with Crippen LogP contribution in [0.1, 0.15) is 36.4 Å². The first kappa shape index (κ1) is 22.2. The Morgan fingerprint density at radius 1 is 1.10 bits per heavy atom. The Balaban J connectivity index is 1.72. The van der Waals surface area contributed by atoms with E-state index in [1.165, 1.54) is 6.07 Å². The highest BCUT2D eigenvalue weighted by Crippen LogP contribution is 2.37. The maximum Gasteiger partial charge on any atom is 0.417 e. The molecule has 2 aromatic carbocycles. The third-order valence-corrected chi connectivity index (χ3v) is 5.38. The molecule has 0 spiro atoms. The third kappa shape index (κ3) is 4.99. The first-order chi connectivity index (χ1) is 14.2. The lowest BCUT2D eigenvalue weighted by molar-refractivity contribution is -0.137. The van der Waals surface area contributed by atoms with Crippen molar-refractivity contribution in [3.05, 3.63) is 52.5 Å². The summed E-state index contributed by atoms with van der Waals surface area (Å²) < 4.78 is 49.7. The molecule has 0 unspecified atom stereocenters. The molecule has 0 radical (unpaired) electrons. The Kier molecular flexibility index (Phi) is 6.77. The Hall–Kier alpha value is -2.45. The molecular weight excluding hydrogens is 421 g/mol. The molecule has 0 aromatic heterocycles. The van der Waals surface area contributed by atoms with Crippen LogP contribution in [0.2, 0.25) is 5.02 Å². The van der Waals surface area contributed by atoms with E-state index >= 15 is 0 Å². The number of hydrogen-bond donors (Lipinski definition) is 2. The standard InChI is InChI=1S/C21H22ClF3N2O3/c1-29-18-9-6-12(10-19(18)30-2)16-4-3-5-17(27-16)20(28)26-13-7-8-15(22)14(11-13)21(23,24)25/h6-11,16-17,27H,3-5H2,1-2H3,(H,26,28)/t16-,17+/m0/s1. The molecule has 2 aromatic rings. The van der Waals surface area contributed by atoms with Crippen LogP contribution in [0.15, 0.2) is 36.4 Å². The summed E-state index contributed by atoms with van der Waals surface area (Å²) in [6.45, 7) is 0. The number of ether oxygens (including phenoxy) is 2. The highest BCUT2D eigenvalue weighted by atomic mass is 35.5. The molecule has 5 nitrogen and oxygen atoms in total. The molecule has 0 aliphatic carbocycles. The molecule has 1 heterocycles. The molecule has 1 amide bonds. The van der Waals surface area contributed by atoms with Gasteiger partial charge in [0.05, 0.1) is 30.8 Å². The van der Waals surface area contributed by atoms with Gasteiger partial charge in [-0.3, -0.25) is 10.1 Å². The van der Waals surface area contributed by atoms with Crippen molar-refractivity contribution < 1.29 is 27.4 Å². The van der Waals surface area contributed by atoms with E-state index in [1.807, 2.05) is 12.1 Å². The van der Waals surface area contributed by atoms with Crippen LogP contribution >= 0.6 is 11.6 Å². The molecule has 9 heteroatoms. The first-order valence-corrected chi connectivity index (χ1v) is 9.76. The fourth-order valence-electron chi connectivity index (χ4n) is 3.52. The number of nitrogens with one attached hydrogen (secondary N) is 2. The summed E-state index contributed by atoms with van der Waals surface area (Å²) in [6.07, 6.45) is -2.41. The van der Waals surface area contributed by atoms with Gasteiger partial charge in [0.1, 0.15) is 0 Å². The van der Waals surface area contributed by atoms with Crippen molar-refractivity contribution in [1.82, 2.24) is 5.32 Å². The van der Waals surface area contributed by atoms with Gasteiger partial charge in [0, 0.05) is 11.7 Å². The number of hydrogen-bond acceptors (Lipinski definition) is 4. The number of amides is 1. The number of carbonyl (C=O) groups excluding carboxylic acids is 1. The van der Waals surface area contributed by atoms with Gasteiger partial charge < -0.3 is 14.8 Å². The lowest BCUT2D eigenvalue weighted by Crippen LogP contribution is -2.45. The Morgan fingerprint density at radius 2 is 1.83 bits per heavy atom. The molecule has 3 rings (SSSR count). The number of methoxy groups -OCH3 is 2. The van der Waals surface area contributed by atoms with Gasteiger partial charge in [-0.25, -0.2) is 0 Å². The molecule has 2 atom stereocenters. The van der Waals surface area contributed by atoms with Crippen molar-refractivity contribution in [2.24, 2.45) is 0 Å². The SMILES string of the molecule is COc1ccc([C@@H]2CCC[C@H](C(=O)Nc3ccc(Cl)c(C(F)(F)F)c3)N2)cc1OC. The maximum absolute atomic E-state index is 13.0. The molecule has 30 heavy (non-hydrogen) atoms.